The van der Waals surface area contributed by atoms with Crippen molar-refractivity contribution in [2.45, 2.75) is 45.8 Å². The van der Waals surface area contributed by atoms with Crippen LogP contribution in [0, 0.1) is 0 Å². The van der Waals surface area contributed by atoms with Gasteiger partial charge in [-0.25, -0.2) is 8.42 Å². The van der Waals surface area contributed by atoms with Crippen molar-refractivity contribution in [2.75, 3.05) is 17.1 Å². The van der Waals surface area contributed by atoms with Crippen LogP contribution < -0.4 is 9.62 Å². The Balaban J connectivity index is 2.40. The molecule has 2 aromatic rings. The number of hydrogen-bond acceptors (Lipinski definition) is 4. The lowest BCUT2D eigenvalue weighted by molar-refractivity contribution is -0.139. The Bertz CT molecular complexity index is 1100. The molecule has 7 nitrogen and oxygen atoms in total. The predicted molar refractivity (Wildman–Crippen MR) is 136 cm³/mol. The summed E-state index contributed by atoms with van der Waals surface area (Å²) in [5.74, 6) is -0.825. The summed E-state index contributed by atoms with van der Waals surface area (Å²) in [6.45, 7) is 5.10. The number of amides is 2. The number of para-hydroxylation sites is 1. The van der Waals surface area contributed by atoms with Crippen LogP contribution in [0.3, 0.4) is 0 Å². The first-order valence-corrected chi connectivity index (χ1v) is 13.5. The summed E-state index contributed by atoms with van der Waals surface area (Å²) in [6.07, 6.45) is 1.78. The van der Waals surface area contributed by atoms with E-state index in [9.17, 15) is 18.0 Å². The first kappa shape index (κ1) is 27.1. The maximum atomic E-state index is 13.5. The van der Waals surface area contributed by atoms with Gasteiger partial charge in [0.25, 0.3) is 0 Å². The van der Waals surface area contributed by atoms with Crippen molar-refractivity contribution in [3.8, 4) is 0 Å². The van der Waals surface area contributed by atoms with E-state index < -0.39 is 28.5 Å². The van der Waals surface area contributed by atoms with Crippen molar-refractivity contribution in [2.24, 2.45) is 0 Å². The summed E-state index contributed by atoms with van der Waals surface area (Å²) in [5, 5.41) is 3.39. The highest BCUT2D eigenvalue weighted by molar-refractivity contribution is 9.10. The van der Waals surface area contributed by atoms with Crippen molar-refractivity contribution in [3.63, 3.8) is 0 Å². The summed E-state index contributed by atoms with van der Waals surface area (Å²) < 4.78 is 26.7. The van der Waals surface area contributed by atoms with Gasteiger partial charge in [-0.15, -0.1) is 0 Å². The van der Waals surface area contributed by atoms with Crippen LogP contribution in [0.1, 0.15) is 32.8 Å². The van der Waals surface area contributed by atoms with Gasteiger partial charge in [-0.1, -0.05) is 42.8 Å². The van der Waals surface area contributed by atoms with E-state index in [1.54, 1.807) is 55.5 Å². The number of nitrogens with one attached hydrogen (secondary N) is 1. The molecule has 2 rings (SSSR count). The molecule has 0 aliphatic heterocycles. The predicted octanol–water partition coefficient (Wildman–Crippen LogP) is 4.20. The molecule has 2 amide bonds. The van der Waals surface area contributed by atoms with Crippen molar-refractivity contribution >= 4 is 55.1 Å². The van der Waals surface area contributed by atoms with E-state index in [1.165, 1.54) is 4.90 Å². The molecule has 0 bridgehead atoms. The molecule has 2 atom stereocenters. The number of hydrogen-bond donors (Lipinski definition) is 1. The van der Waals surface area contributed by atoms with E-state index in [0.717, 1.165) is 22.5 Å². The van der Waals surface area contributed by atoms with Crippen molar-refractivity contribution in [1.29, 1.82) is 0 Å². The molecule has 1 N–H and O–H groups in total. The van der Waals surface area contributed by atoms with Gasteiger partial charge >= 0.3 is 0 Å². The van der Waals surface area contributed by atoms with Crippen LogP contribution in [0.15, 0.2) is 53.0 Å². The van der Waals surface area contributed by atoms with Crippen molar-refractivity contribution in [3.05, 3.63) is 63.6 Å². The van der Waals surface area contributed by atoms with E-state index in [-0.39, 0.29) is 18.5 Å². The molecule has 180 valence electrons. The van der Waals surface area contributed by atoms with E-state index in [0.29, 0.717) is 15.2 Å². The molecule has 0 saturated heterocycles. The minimum Gasteiger partial charge on any atom is -0.352 e. The number of halogens is 2. The van der Waals surface area contributed by atoms with Crippen LogP contribution in [-0.4, -0.2) is 50.0 Å². The number of rotatable bonds is 10. The number of nitrogens with zero attached hydrogens (tertiary/aromatic N) is 2. The van der Waals surface area contributed by atoms with Crippen LogP contribution in [0.4, 0.5) is 5.69 Å². The summed E-state index contributed by atoms with van der Waals surface area (Å²) in [6, 6.07) is 12.8. The zero-order valence-electron chi connectivity index (χ0n) is 19.1. The maximum absolute atomic E-state index is 13.5. The zero-order valence-corrected chi connectivity index (χ0v) is 22.2. The van der Waals surface area contributed by atoms with Gasteiger partial charge in [0.15, 0.2) is 0 Å². The minimum atomic E-state index is -3.78. The molecule has 0 fully saturated rings. The second-order valence-corrected chi connectivity index (χ2v) is 11.1. The van der Waals surface area contributed by atoms with Crippen LogP contribution in [0.25, 0.3) is 0 Å². The first-order valence-electron chi connectivity index (χ1n) is 10.5. The third-order valence-corrected chi connectivity index (χ3v) is 7.24. The van der Waals surface area contributed by atoms with E-state index >= 15 is 0 Å². The second-order valence-electron chi connectivity index (χ2n) is 7.87. The molecular formula is C23H29BrClN3O4S. The Kier molecular flexibility index (Phi) is 9.75. The Labute approximate surface area is 209 Å². The van der Waals surface area contributed by atoms with E-state index in [2.05, 4.69) is 21.2 Å². The fourth-order valence-electron chi connectivity index (χ4n) is 3.13. The fraction of sp³-hybridized carbons (Fsp3) is 0.391. The Morgan fingerprint density at radius 2 is 1.79 bits per heavy atom. The summed E-state index contributed by atoms with van der Waals surface area (Å²) in [5.41, 5.74) is 1.07. The number of carbonyl (C=O) groups is 2. The average molecular weight is 559 g/mol. The van der Waals surface area contributed by atoms with E-state index in [4.69, 9.17) is 11.6 Å². The normalized spacial score (nSPS) is 13.2. The molecular weight excluding hydrogens is 530 g/mol. The Morgan fingerprint density at radius 3 is 2.36 bits per heavy atom. The fourth-order valence-corrected chi connectivity index (χ4v) is 4.82. The summed E-state index contributed by atoms with van der Waals surface area (Å²) >= 11 is 9.46. The molecule has 10 heteroatoms. The largest absolute Gasteiger partial charge is 0.352 e. The number of anilines is 1. The quantitative estimate of drug-likeness (QED) is 0.474. The van der Waals surface area contributed by atoms with E-state index in [1.807, 2.05) is 13.8 Å². The first-order chi connectivity index (χ1) is 15.4. The molecule has 0 spiro atoms. The van der Waals surface area contributed by atoms with Gasteiger partial charge < -0.3 is 10.2 Å². The van der Waals surface area contributed by atoms with Gasteiger partial charge in [0.05, 0.1) is 11.9 Å². The molecule has 2 aromatic carbocycles. The lowest BCUT2D eigenvalue weighted by atomic mass is 10.1. The second kappa shape index (κ2) is 11.9. The van der Waals surface area contributed by atoms with Crippen LogP contribution in [-0.2, 0) is 26.2 Å². The van der Waals surface area contributed by atoms with Gasteiger partial charge in [0, 0.05) is 22.1 Å². The van der Waals surface area contributed by atoms with Gasteiger partial charge in [0.1, 0.15) is 12.6 Å². The van der Waals surface area contributed by atoms with Crippen molar-refractivity contribution < 1.29 is 18.0 Å². The Hall–Kier alpha value is -2.10. The third kappa shape index (κ3) is 7.72. The molecule has 0 aliphatic carbocycles. The monoisotopic (exact) mass is 557 g/mol. The molecule has 0 aliphatic rings. The van der Waals surface area contributed by atoms with Gasteiger partial charge in [-0.05, 0) is 66.0 Å². The zero-order chi connectivity index (χ0) is 24.8. The van der Waals surface area contributed by atoms with Crippen molar-refractivity contribution in [1.82, 2.24) is 10.2 Å². The molecule has 0 aromatic heterocycles. The number of benzene rings is 2. The SMILES string of the molecule is CC[C@@H](C)NC(=O)[C@H](C)N(Cc1cccc(Cl)c1)C(=O)CN(c1ccccc1Br)S(C)(=O)=O. The molecule has 0 heterocycles. The minimum absolute atomic E-state index is 0.0594. The van der Waals surface area contributed by atoms with Crippen LogP contribution in [0.5, 0.6) is 0 Å². The summed E-state index contributed by atoms with van der Waals surface area (Å²) in [4.78, 5) is 27.7. The van der Waals surface area contributed by atoms with Gasteiger partial charge in [0.2, 0.25) is 21.8 Å². The van der Waals surface area contributed by atoms with Gasteiger partial charge in [-0.3, -0.25) is 13.9 Å². The topological polar surface area (TPSA) is 86.8 Å². The van der Waals surface area contributed by atoms with Crippen LogP contribution in [0.2, 0.25) is 5.02 Å². The smallest absolute Gasteiger partial charge is 0.244 e. The highest BCUT2D eigenvalue weighted by Crippen LogP contribution is 2.28. The lowest BCUT2D eigenvalue weighted by Gasteiger charge is -2.32. The molecule has 0 saturated carbocycles. The molecule has 0 unspecified atom stereocenters. The number of sulfonamides is 1. The summed E-state index contributed by atoms with van der Waals surface area (Å²) in [7, 11) is -3.78. The Morgan fingerprint density at radius 1 is 1.12 bits per heavy atom. The highest BCUT2D eigenvalue weighted by atomic mass is 79.9. The standard InChI is InChI=1S/C23H29BrClN3O4S/c1-5-16(2)26-23(30)17(3)27(14-18-9-8-10-19(25)13-18)22(29)15-28(33(4,31)32)21-12-7-6-11-20(21)24/h6-13,16-17H,5,14-15H2,1-4H3,(H,26,30)/t16-,17+/m1/s1. The lowest BCUT2D eigenvalue weighted by Crippen LogP contribution is -2.52. The molecule has 33 heavy (non-hydrogen) atoms. The average Bonchev–Trinajstić information content (AvgIpc) is 2.75. The van der Waals surface area contributed by atoms with Gasteiger partial charge in [-0.2, -0.15) is 0 Å². The number of carbonyl (C=O) groups excluding carboxylic acids is 2. The molecule has 0 radical (unpaired) electrons. The van der Waals surface area contributed by atoms with Crippen LogP contribution >= 0.6 is 27.5 Å². The highest BCUT2D eigenvalue weighted by Gasteiger charge is 2.31. The maximum Gasteiger partial charge on any atom is 0.244 e. The third-order valence-electron chi connectivity index (χ3n) is 5.21.